The average molecular weight is 406 g/mol. The Bertz CT molecular complexity index is 732. The van der Waals surface area contributed by atoms with E-state index in [9.17, 15) is 30.7 Å². The molecule has 11 heteroatoms. The highest BCUT2D eigenvalue weighted by Gasteiger charge is 2.33. The van der Waals surface area contributed by atoms with Crippen LogP contribution in [-0.2, 0) is 0 Å². The first-order valence-electron chi connectivity index (χ1n) is 6.61. The monoisotopic (exact) mass is 405 g/mol. The molecule has 0 fully saturated rings. The fraction of sp³-hybridized carbons (Fsp3) is 0.200. The molecular weight excluding hydrogens is 395 g/mol. The van der Waals surface area contributed by atoms with Gasteiger partial charge < -0.3 is 15.2 Å². The van der Waals surface area contributed by atoms with Gasteiger partial charge in [0.1, 0.15) is 5.75 Å². The van der Waals surface area contributed by atoms with Gasteiger partial charge in [0.25, 0.3) is 0 Å². The van der Waals surface area contributed by atoms with Crippen molar-refractivity contribution in [3.8, 4) is 11.5 Å². The number of benzene rings is 2. The highest BCUT2D eigenvalue weighted by molar-refractivity contribution is 5.85. The Morgan fingerprint density at radius 3 is 1.73 bits per heavy atom. The van der Waals surface area contributed by atoms with Crippen molar-refractivity contribution in [1.82, 2.24) is 0 Å². The van der Waals surface area contributed by atoms with Crippen LogP contribution in [0.5, 0.6) is 11.5 Å². The van der Waals surface area contributed by atoms with Gasteiger partial charge in [0.05, 0.1) is 6.04 Å². The van der Waals surface area contributed by atoms with Crippen molar-refractivity contribution < 1.29 is 40.2 Å². The zero-order valence-corrected chi connectivity index (χ0v) is 13.4. The number of nitrogens with two attached hydrogens (primary N) is 1. The number of hydrogen-bond acceptors (Lipinski definition) is 3. The highest BCUT2D eigenvalue weighted by Crippen LogP contribution is 2.30. The molecule has 0 saturated heterocycles. The zero-order chi connectivity index (χ0) is 18.8. The molecule has 2 N–H and O–H groups in total. The Hall–Kier alpha value is -2.20. The van der Waals surface area contributed by atoms with Gasteiger partial charge in [-0.15, -0.1) is 38.7 Å². The maximum absolute atomic E-state index is 13.7. The van der Waals surface area contributed by atoms with Gasteiger partial charge in [-0.25, -0.2) is 4.39 Å². The second-order valence-electron chi connectivity index (χ2n) is 4.83. The molecule has 0 bridgehead atoms. The standard InChI is InChI=1S/C15H10F7NO2.ClH/c16-11-7-9(3-6-12(11)25-15(20,21)22)13(23)8-1-4-10(5-2-8)24-14(17,18)19;/h1-7,13H,23H2;1H/t13-;/m0./s1. The van der Waals surface area contributed by atoms with Crippen molar-refractivity contribution in [2.75, 3.05) is 0 Å². The molecule has 0 heterocycles. The number of hydrogen-bond donors (Lipinski definition) is 1. The summed E-state index contributed by atoms with van der Waals surface area (Å²) in [7, 11) is 0. The fourth-order valence-corrected chi connectivity index (χ4v) is 1.99. The minimum atomic E-state index is -5.04. The predicted molar refractivity (Wildman–Crippen MR) is 79.5 cm³/mol. The van der Waals surface area contributed by atoms with Crippen molar-refractivity contribution in [3.05, 3.63) is 59.4 Å². The maximum Gasteiger partial charge on any atom is 0.573 e. The molecule has 0 aliphatic carbocycles. The van der Waals surface area contributed by atoms with Gasteiger partial charge in [0.15, 0.2) is 11.6 Å². The molecule has 0 aromatic heterocycles. The molecule has 2 aromatic rings. The third kappa shape index (κ3) is 6.26. The van der Waals surface area contributed by atoms with Gasteiger partial charge in [0.2, 0.25) is 0 Å². The van der Waals surface area contributed by atoms with Crippen LogP contribution in [-0.4, -0.2) is 12.7 Å². The average Bonchev–Trinajstić information content (AvgIpc) is 2.46. The second kappa shape index (κ2) is 8.00. The summed E-state index contributed by atoms with van der Waals surface area (Å²) in [6, 6.07) is 6.14. The lowest BCUT2D eigenvalue weighted by atomic mass is 9.99. The third-order valence-corrected chi connectivity index (χ3v) is 3.01. The molecule has 0 unspecified atom stereocenters. The molecule has 0 aliphatic heterocycles. The van der Waals surface area contributed by atoms with E-state index in [0.717, 1.165) is 30.3 Å². The Morgan fingerprint density at radius 2 is 1.27 bits per heavy atom. The van der Waals surface area contributed by atoms with Gasteiger partial charge in [-0.3, -0.25) is 0 Å². The van der Waals surface area contributed by atoms with Crippen LogP contribution in [0.2, 0.25) is 0 Å². The predicted octanol–water partition coefficient (Wildman–Crippen LogP) is 5.09. The van der Waals surface area contributed by atoms with E-state index in [4.69, 9.17) is 5.73 Å². The third-order valence-electron chi connectivity index (χ3n) is 3.01. The minimum Gasteiger partial charge on any atom is -0.406 e. The second-order valence-corrected chi connectivity index (χ2v) is 4.83. The number of ether oxygens (including phenoxy) is 2. The van der Waals surface area contributed by atoms with E-state index in [-0.39, 0.29) is 18.0 Å². The van der Waals surface area contributed by atoms with Gasteiger partial charge in [-0.2, -0.15) is 0 Å². The van der Waals surface area contributed by atoms with Crippen molar-refractivity contribution in [2.45, 2.75) is 18.8 Å². The SMILES string of the molecule is Cl.N[C@@H](c1ccc(OC(F)(F)F)cc1)c1ccc(OC(F)(F)F)c(F)c1. The molecule has 0 aliphatic rings. The van der Waals surface area contributed by atoms with Crippen LogP contribution < -0.4 is 15.2 Å². The first-order chi connectivity index (χ1) is 11.4. The molecule has 144 valence electrons. The van der Waals surface area contributed by atoms with E-state index in [0.29, 0.717) is 5.56 Å². The van der Waals surface area contributed by atoms with Crippen molar-refractivity contribution in [1.29, 1.82) is 0 Å². The van der Waals surface area contributed by atoms with Crippen LogP contribution >= 0.6 is 12.4 Å². The van der Waals surface area contributed by atoms with E-state index in [1.807, 2.05) is 0 Å². The lowest BCUT2D eigenvalue weighted by Crippen LogP contribution is -2.18. The van der Waals surface area contributed by atoms with E-state index >= 15 is 0 Å². The minimum absolute atomic E-state index is 0. The van der Waals surface area contributed by atoms with Crippen LogP contribution in [0.3, 0.4) is 0 Å². The number of alkyl halides is 6. The van der Waals surface area contributed by atoms with Crippen LogP contribution in [0, 0.1) is 5.82 Å². The molecule has 1 atom stereocenters. The molecule has 3 nitrogen and oxygen atoms in total. The lowest BCUT2D eigenvalue weighted by Gasteiger charge is -2.16. The van der Waals surface area contributed by atoms with Gasteiger partial charge >= 0.3 is 12.7 Å². The molecule has 0 radical (unpaired) electrons. The highest BCUT2D eigenvalue weighted by atomic mass is 35.5. The molecule has 0 spiro atoms. The maximum atomic E-state index is 13.7. The van der Waals surface area contributed by atoms with E-state index < -0.39 is 36.1 Å². The quantitative estimate of drug-likeness (QED) is 0.720. The van der Waals surface area contributed by atoms with Crippen LogP contribution in [0.15, 0.2) is 42.5 Å². The van der Waals surface area contributed by atoms with Crippen molar-refractivity contribution in [3.63, 3.8) is 0 Å². The van der Waals surface area contributed by atoms with Crippen molar-refractivity contribution in [2.24, 2.45) is 5.73 Å². The van der Waals surface area contributed by atoms with Gasteiger partial charge in [-0.05, 0) is 35.4 Å². The molecule has 2 rings (SSSR count). The summed E-state index contributed by atoms with van der Waals surface area (Å²) in [4.78, 5) is 0. The van der Waals surface area contributed by atoms with Gasteiger partial charge in [0, 0.05) is 0 Å². The molecule has 26 heavy (non-hydrogen) atoms. The fourth-order valence-electron chi connectivity index (χ4n) is 1.99. The lowest BCUT2D eigenvalue weighted by molar-refractivity contribution is -0.276. The summed E-state index contributed by atoms with van der Waals surface area (Å²) in [5.74, 6) is -2.76. The number of rotatable bonds is 4. The van der Waals surface area contributed by atoms with Crippen molar-refractivity contribution >= 4 is 12.4 Å². The molecule has 0 amide bonds. The summed E-state index contributed by atoms with van der Waals surface area (Å²) in [5.41, 5.74) is 6.26. The summed E-state index contributed by atoms with van der Waals surface area (Å²) in [5, 5.41) is 0. The Morgan fingerprint density at radius 1 is 0.769 bits per heavy atom. The Balaban J connectivity index is 0.00000338. The van der Waals surface area contributed by atoms with E-state index in [1.165, 1.54) is 12.1 Å². The summed E-state index contributed by atoms with van der Waals surface area (Å²) >= 11 is 0. The largest absolute Gasteiger partial charge is 0.573 e. The topological polar surface area (TPSA) is 44.5 Å². The normalized spacial score (nSPS) is 12.9. The summed E-state index contributed by atoms with van der Waals surface area (Å²) in [6.45, 7) is 0. The first kappa shape index (κ1) is 21.8. The summed E-state index contributed by atoms with van der Waals surface area (Å²) < 4.78 is 93.4. The van der Waals surface area contributed by atoms with E-state index in [2.05, 4.69) is 9.47 Å². The molecule has 0 saturated carbocycles. The van der Waals surface area contributed by atoms with E-state index in [1.54, 1.807) is 0 Å². The molecule has 2 aromatic carbocycles. The smallest absolute Gasteiger partial charge is 0.406 e. The number of halogens is 8. The first-order valence-corrected chi connectivity index (χ1v) is 6.61. The van der Waals surface area contributed by atoms with Crippen LogP contribution in [0.25, 0.3) is 0 Å². The van der Waals surface area contributed by atoms with Gasteiger partial charge in [-0.1, -0.05) is 18.2 Å². The zero-order valence-electron chi connectivity index (χ0n) is 12.6. The Labute approximate surface area is 148 Å². The van der Waals surface area contributed by atoms with Crippen LogP contribution in [0.4, 0.5) is 30.7 Å². The Kier molecular flexibility index (Phi) is 6.72. The molecular formula is C15H11ClF7NO2. The van der Waals surface area contributed by atoms with Crippen LogP contribution in [0.1, 0.15) is 17.2 Å². The summed E-state index contributed by atoms with van der Waals surface area (Å²) in [6.07, 6.45) is -9.89.